The first kappa shape index (κ1) is 19.3. The van der Waals surface area contributed by atoms with E-state index in [0.29, 0.717) is 12.5 Å². The smallest absolute Gasteiger partial charge is 0.191 e. The molecule has 0 unspecified atom stereocenters. The van der Waals surface area contributed by atoms with Crippen LogP contribution in [0.4, 0.5) is 0 Å². The molecule has 1 aromatic heterocycles. The van der Waals surface area contributed by atoms with Gasteiger partial charge in [0.2, 0.25) is 0 Å². The van der Waals surface area contributed by atoms with E-state index in [-0.39, 0.29) is 0 Å². The highest BCUT2D eigenvalue weighted by Gasteiger charge is 2.30. The molecule has 2 aromatic rings. The molecule has 0 aliphatic carbocycles. The third-order valence-electron chi connectivity index (χ3n) is 4.46. The molecule has 1 aromatic carbocycles. The molecule has 6 nitrogen and oxygen atoms in total. The van der Waals surface area contributed by atoms with E-state index >= 15 is 0 Å². The lowest BCUT2D eigenvalue weighted by Crippen LogP contribution is -2.47. The topological polar surface area (TPSA) is 75.5 Å². The molecular weight excluding hydrogens is 336 g/mol. The van der Waals surface area contributed by atoms with Gasteiger partial charge in [0.15, 0.2) is 15.8 Å². The van der Waals surface area contributed by atoms with E-state index in [1.165, 1.54) is 17.2 Å². The van der Waals surface area contributed by atoms with Gasteiger partial charge in [-0.3, -0.25) is 4.99 Å². The van der Waals surface area contributed by atoms with Crippen molar-refractivity contribution in [3.05, 3.63) is 36.5 Å². The van der Waals surface area contributed by atoms with E-state index in [1.807, 2.05) is 12.1 Å². The number of para-hydroxylation sites is 1. The first-order valence-corrected chi connectivity index (χ1v) is 10.3. The molecule has 0 saturated carbocycles. The van der Waals surface area contributed by atoms with Crippen LogP contribution in [0.3, 0.4) is 0 Å². The zero-order valence-corrected chi connectivity index (χ0v) is 16.2. The predicted molar refractivity (Wildman–Crippen MR) is 105 cm³/mol. The number of fused-ring (bicyclic) bond motifs is 1. The summed E-state index contributed by atoms with van der Waals surface area (Å²) in [4.78, 5) is 4.15. The summed E-state index contributed by atoms with van der Waals surface area (Å²) in [6, 6.07) is 10.4. The Hall–Kier alpha value is -2.02. The highest BCUT2D eigenvalue weighted by atomic mass is 32.2. The predicted octanol–water partition coefficient (Wildman–Crippen LogP) is 2.02. The van der Waals surface area contributed by atoms with E-state index in [4.69, 9.17) is 0 Å². The second-order valence-electron chi connectivity index (χ2n) is 6.81. The van der Waals surface area contributed by atoms with Crippen molar-refractivity contribution in [2.24, 2.45) is 4.99 Å². The summed E-state index contributed by atoms with van der Waals surface area (Å²) in [7, 11) is -1.45. The Morgan fingerprint density at radius 3 is 2.60 bits per heavy atom. The number of benzene rings is 1. The number of aryl methyl sites for hydroxylation is 1. The molecule has 2 N–H and O–H groups in total. The average molecular weight is 365 g/mol. The largest absolute Gasteiger partial charge is 0.356 e. The van der Waals surface area contributed by atoms with Crippen LogP contribution in [0, 0.1) is 0 Å². The number of aromatic nitrogens is 1. The minimum Gasteiger partial charge on any atom is -0.356 e. The van der Waals surface area contributed by atoms with E-state index in [9.17, 15) is 8.42 Å². The van der Waals surface area contributed by atoms with Crippen molar-refractivity contribution >= 4 is 26.7 Å². The van der Waals surface area contributed by atoms with Crippen molar-refractivity contribution in [2.45, 2.75) is 31.6 Å². The molecule has 1 heterocycles. The Morgan fingerprint density at radius 1 is 1.20 bits per heavy atom. The van der Waals surface area contributed by atoms with Crippen LogP contribution in [0.2, 0.25) is 0 Å². The lowest BCUT2D eigenvalue weighted by atomic mass is 10.2. The number of sulfone groups is 1. The number of nitrogens with one attached hydrogen (secondary N) is 2. The first-order valence-electron chi connectivity index (χ1n) is 8.42. The molecular formula is C18H28N4O2S. The fraction of sp³-hybridized carbons (Fsp3) is 0.500. The quantitative estimate of drug-likeness (QED) is 0.448. The molecule has 0 spiro atoms. The van der Waals surface area contributed by atoms with Gasteiger partial charge in [-0.15, -0.1) is 0 Å². The van der Waals surface area contributed by atoms with Crippen LogP contribution >= 0.6 is 0 Å². The van der Waals surface area contributed by atoms with Crippen LogP contribution in [0.15, 0.2) is 41.5 Å². The number of guanidine groups is 1. The molecule has 0 bridgehead atoms. The SMILES string of the molecule is CN=C(NCCCn1ccc2ccccc21)NCC(C)(C)S(C)(=O)=O. The normalized spacial score (nSPS) is 13.2. The summed E-state index contributed by atoms with van der Waals surface area (Å²) in [5, 5.41) is 7.57. The van der Waals surface area contributed by atoms with Crippen LogP contribution in [0.25, 0.3) is 10.9 Å². The Morgan fingerprint density at radius 2 is 1.92 bits per heavy atom. The fourth-order valence-electron chi connectivity index (χ4n) is 2.44. The molecule has 2 rings (SSSR count). The van der Waals surface area contributed by atoms with Gasteiger partial charge < -0.3 is 15.2 Å². The number of hydrogen-bond acceptors (Lipinski definition) is 3. The van der Waals surface area contributed by atoms with E-state index < -0.39 is 14.6 Å². The Balaban J connectivity index is 1.80. The van der Waals surface area contributed by atoms with Crippen LogP contribution < -0.4 is 10.6 Å². The van der Waals surface area contributed by atoms with Gasteiger partial charge in [-0.05, 0) is 37.8 Å². The number of rotatable bonds is 7. The van der Waals surface area contributed by atoms with Gasteiger partial charge >= 0.3 is 0 Å². The van der Waals surface area contributed by atoms with Crippen molar-refractivity contribution in [1.29, 1.82) is 0 Å². The van der Waals surface area contributed by atoms with Gasteiger partial charge in [-0.2, -0.15) is 0 Å². The molecule has 0 aliphatic rings. The van der Waals surface area contributed by atoms with Gasteiger partial charge in [-0.25, -0.2) is 8.42 Å². The Kier molecular flexibility index (Phi) is 6.11. The summed E-state index contributed by atoms with van der Waals surface area (Å²) >= 11 is 0. The van der Waals surface area contributed by atoms with Crippen molar-refractivity contribution in [1.82, 2.24) is 15.2 Å². The average Bonchev–Trinajstić information content (AvgIpc) is 2.96. The molecule has 0 fully saturated rings. The summed E-state index contributed by atoms with van der Waals surface area (Å²) in [6.07, 6.45) is 4.30. The van der Waals surface area contributed by atoms with Crippen molar-refractivity contribution < 1.29 is 8.42 Å². The van der Waals surface area contributed by atoms with Gasteiger partial charge in [0.25, 0.3) is 0 Å². The Labute approximate surface area is 150 Å². The van der Waals surface area contributed by atoms with E-state index in [0.717, 1.165) is 19.5 Å². The maximum Gasteiger partial charge on any atom is 0.191 e. The third-order valence-corrected chi connectivity index (χ3v) is 6.61. The number of nitrogens with zero attached hydrogens (tertiary/aromatic N) is 2. The van der Waals surface area contributed by atoms with Crippen molar-refractivity contribution in [3.8, 4) is 0 Å². The van der Waals surface area contributed by atoms with Gasteiger partial charge in [-0.1, -0.05) is 18.2 Å². The lowest BCUT2D eigenvalue weighted by molar-refractivity contribution is 0.543. The molecule has 0 saturated heterocycles. The molecule has 0 radical (unpaired) electrons. The zero-order chi connectivity index (χ0) is 18.5. The fourth-order valence-corrected chi connectivity index (χ4v) is 2.77. The second kappa shape index (κ2) is 7.91. The molecule has 7 heteroatoms. The van der Waals surface area contributed by atoms with Crippen molar-refractivity contribution in [2.75, 3.05) is 26.4 Å². The van der Waals surface area contributed by atoms with Gasteiger partial charge in [0.1, 0.15) is 0 Å². The van der Waals surface area contributed by atoms with E-state index in [1.54, 1.807) is 20.9 Å². The standard InChI is InChI=1S/C18H28N4O2S/c1-18(2,25(4,23)24)14-21-17(19-3)20-11-7-12-22-13-10-15-8-5-6-9-16(15)22/h5-6,8-10,13H,7,11-12,14H2,1-4H3,(H2,19,20,21). The number of aliphatic imine (C=N–C) groups is 1. The second-order valence-corrected chi connectivity index (χ2v) is 9.46. The monoisotopic (exact) mass is 364 g/mol. The summed E-state index contributed by atoms with van der Waals surface area (Å²) in [6.45, 7) is 5.39. The zero-order valence-electron chi connectivity index (χ0n) is 15.4. The van der Waals surface area contributed by atoms with Gasteiger partial charge in [0.05, 0.1) is 4.75 Å². The molecule has 25 heavy (non-hydrogen) atoms. The highest BCUT2D eigenvalue weighted by Crippen LogP contribution is 2.15. The number of hydrogen-bond donors (Lipinski definition) is 2. The molecule has 138 valence electrons. The van der Waals surface area contributed by atoms with Crippen molar-refractivity contribution in [3.63, 3.8) is 0 Å². The third kappa shape index (κ3) is 4.98. The maximum absolute atomic E-state index is 11.7. The van der Waals surface area contributed by atoms with Crippen LogP contribution in [-0.4, -0.2) is 50.1 Å². The van der Waals surface area contributed by atoms with Crippen LogP contribution in [0.5, 0.6) is 0 Å². The molecule has 0 aliphatic heterocycles. The van der Waals surface area contributed by atoms with Crippen LogP contribution in [-0.2, 0) is 16.4 Å². The minimum atomic E-state index is -3.13. The first-order chi connectivity index (χ1) is 11.7. The Bertz CT molecular complexity index is 838. The lowest BCUT2D eigenvalue weighted by Gasteiger charge is -2.24. The summed E-state index contributed by atoms with van der Waals surface area (Å²) in [5.41, 5.74) is 1.24. The maximum atomic E-state index is 11.7. The van der Waals surface area contributed by atoms with Gasteiger partial charge in [0, 0.05) is 44.7 Å². The highest BCUT2D eigenvalue weighted by molar-refractivity contribution is 7.92. The minimum absolute atomic E-state index is 0.313. The van der Waals surface area contributed by atoms with E-state index in [2.05, 4.69) is 44.6 Å². The van der Waals surface area contributed by atoms with Crippen LogP contribution in [0.1, 0.15) is 20.3 Å². The molecule has 0 amide bonds. The summed E-state index contributed by atoms with van der Waals surface area (Å²) in [5.74, 6) is 0.620. The summed E-state index contributed by atoms with van der Waals surface area (Å²) < 4.78 is 24.9. The molecule has 0 atom stereocenters.